The number of halogens is 5. The van der Waals surface area contributed by atoms with Crippen molar-refractivity contribution >= 4 is 15.9 Å². The van der Waals surface area contributed by atoms with Crippen molar-refractivity contribution in [2.24, 2.45) is 0 Å². The number of nitrogens with one attached hydrogen (secondary N) is 1. The second kappa shape index (κ2) is 4.57. The Kier molecular flexibility index (Phi) is 3.45. The van der Waals surface area contributed by atoms with E-state index in [0.29, 0.717) is 6.54 Å². The molecule has 17 heavy (non-hydrogen) atoms. The van der Waals surface area contributed by atoms with Crippen LogP contribution in [-0.4, -0.2) is 19.0 Å². The van der Waals surface area contributed by atoms with Crippen molar-refractivity contribution in [3.8, 4) is 0 Å². The summed E-state index contributed by atoms with van der Waals surface area (Å²) in [6.45, 7) is -0.133. The Bertz CT molecular complexity index is 436. The first-order valence-electron chi connectivity index (χ1n) is 5.15. The topological polar surface area (TPSA) is 12.0 Å². The molecule has 0 radical (unpaired) electrons. The zero-order valence-corrected chi connectivity index (χ0v) is 10.3. The number of piperidine rings is 1. The summed E-state index contributed by atoms with van der Waals surface area (Å²) >= 11 is 2.82. The van der Waals surface area contributed by atoms with Crippen LogP contribution in [0, 0.1) is 11.6 Å². The molecule has 1 aromatic rings. The monoisotopic (exact) mass is 311 g/mol. The Hall–Kier alpha value is -0.620. The highest BCUT2D eigenvalue weighted by Gasteiger charge is 2.43. The van der Waals surface area contributed by atoms with Crippen LogP contribution in [0.3, 0.4) is 0 Å². The summed E-state index contributed by atoms with van der Waals surface area (Å²) in [5, 5.41) is 2.54. The Morgan fingerprint density at radius 2 is 1.94 bits per heavy atom. The lowest BCUT2D eigenvalue weighted by Gasteiger charge is -2.32. The SMILES string of the molecule is Fc1c(Br)ccc([C@H]2CCNCC2(F)F)c1F. The zero-order valence-electron chi connectivity index (χ0n) is 8.74. The number of hydrogen-bond acceptors (Lipinski definition) is 1. The number of rotatable bonds is 1. The van der Waals surface area contributed by atoms with Crippen LogP contribution in [0.1, 0.15) is 17.9 Å². The smallest absolute Gasteiger partial charge is 0.267 e. The molecule has 6 heteroatoms. The van der Waals surface area contributed by atoms with E-state index >= 15 is 0 Å². The molecule has 1 atom stereocenters. The van der Waals surface area contributed by atoms with Crippen LogP contribution in [0.25, 0.3) is 0 Å². The summed E-state index contributed by atoms with van der Waals surface area (Å²) in [6.07, 6.45) is 0.0883. The second-order valence-electron chi connectivity index (χ2n) is 4.04. The van der Waals surface area contributed by atoms with E-state index in [2.05, 4.69) is 21.2 Å². The van der Waals surface area contributed by atoms with Gasteiger partial charge in [0.05, 0.1) is 16.9 Å². The van der Waals surface area contributed by atoms with Gasteiger partial charge < -0.3 is 5.32 Å². The molecular formula is C11H10BrF4N. The minimum atomic E-state index is -3.06. The lowest BCUT2D eigenvalue weighted by atomic mass is 9.86. The molecule has 0 aliphatic carbocycles. The van der Waals surface area contributed by atoms with E-state index in [-0.39, 0.29) is 16.5 Å². The normalized spacial score (nSPS) is 23.7. The van der Waals surface area contributed by atoms with E-state index < -0.39 is 30.0 Å². The van der Waals surface area contributed by atoms with Gasteiger partial charge in [-0.25, -0.2) is 17.6 Å². The van der Waals surface area contributed by atoms with Gasteiger partial charge in [-0.3, -0.25) is 0 Å². The molecule has 1 aliphatic heterocycles. The van der Waals surface area contributed by atoms with E-state index in [1.807, 2.05) is 0 Å². The summed E-state index contributed by atoms with van der Waals surface area (Å²) in [7, 11) is 0. The fourth-order valence-corrected chi connectivity index (χ4v) is 2.34. The van der Waals surface area contributed by atoms with Gasteiger partial charge in [0.1, 0.15) is 0 Å². The average Bonchev–Trinajstić information content (AvgIpc) is 2.27. The molecule has 94 valence electrons. The molecule has 0 saturated carbocycles. The van der Waals surface area contributed by atoms with E-state index in [1.165, 1.54) is 12.1 Å². The van der Waals surface area contributed by atoms with Crippen LogP contribution in [0.5, 0.6) is 0 Å². The van der Waals surface area contributed by atoms with Crippen LogP contribution in [0.4, 0.5) is 17.6 Å². The number of hydrogen-bond donors (Lipinski definition) is 1. The fourth-order valence-electron chi connectivity index (χ4n) is 2.03. The maximum atomic E-state index is 13.6. The van der Waals surface area contributed by atoms with E-state index in [0.717, 1.165) is 0 Å². The van der Waals surface area contributed by atoms with Crippen molar-refractivity contribution in [2.45, 2.75) is 18.3 Å². The third kappa shape index (κ3) is 2.33. The summed E-state index contributed by atoms with van der Waals surface area (Å²) in [5.41, 5.74) is -0.253. The van der Waals surface area contributed by atoms with Gasteiger partial charge in [-0.15, -0.1) is 0 Å². The summed E-state index contributed by atoms with van der Waals surface area (Å²) in [6, 6.07) is 2.47. The summed E-state index contributed by atoms with van der Waals surface area (Å²) in [4.78, 5) is 0. The molecule has 1 aliphatic rings. The van der Waals surface area contributed by atoms with Crippen LogP contribution >= 0.6 is 15.9 Å². The Balaban J connectivity index is 2.43. The minimum Gasteiger partial charge on any atom is -0.311 e. The number of benzene rings is 1. The van der Waals surface area contributed by atoms with Crippen molar-refractivity contribution in [1.29, 1.82) is 0 Å². The van der Waals surface area contributed by atoms with Crippen molar-refractivity contribution in [1.82, 2.24) is 5.32 Å². The van der Waals surface area contributed by atoms with Crippen molar-refractivity contribution in [3.63, 3.8) is 0 Å². The number of alkyl halides is 2. The molecule has 1 N–H and O–H groups in total. The van der Waals surface area contributed by atoms with Crippen LogP contribution in [0.15, 0.2) is 16.6 Å². The van der Waals surface area contributed by atoms with E-state index in [1.54, 1.807) is 0 Å². The fraction of sp³-hybridized carbons (Fsp3) is 0.455. The first-order chi connectivity index (χ1) is 7.93. The first-order valence-corrected chi connectivity index (χ1v) is 5.94. The highest BCUT2D eigenvalue weighted by molar-refractivity contribution is 9.10. The Morgan fingerprint density at radius 3 is 2.59 bits per heavy atom. The molecule has 1 heterocycles. The molecule has 1 saturated heterocycles. The highest BCUT2D eigenvalue weighted by atomic mass is 79.9. The van der Waals surface area contributed by atoms with E-state index in [9.17, 15) is 17.6 Å². The lowest BCUT2D eigenvalue weighted by molar-refractivity contribution is -0.0431. The van der Waals surface area contributed by atoms with Gasteiger partial charge >= 0.3 is 0 Å². The molecule has 0 aromatic heterocycles. The lowest BCUT2D eigenvalue weighted by Crippen LogP contribution is -2.45. The quantitative estimate of drug-likeness (QED) is 0.619. The molecule has 1 nitrogen and oxygen atoms in total. The summed E-state index contributed by atoms with van der Waals surface area (Å²) in [5.74, 6) is -6.63. The van der Waals surface area contributed by atoms with Gasteiger partial charge in [0.15, 0.2) is 11.6 Å². The molecule has 0 spiro atoms. The molecule has 1 aromatic carbocycles. The predicted molar refractivity (Wildman–Crippen MR) is 59.2 cm³/mol. The van der Waals surface area contributed by atoms with Crippen molar-refractivity contribution in [3.05, 3.63) is 33.8 Å². The summed E-state index contributed by atoms with van der Waals surface area (Å²) < 4.78 is 54.1. The minimum absolute atomic E-state index is 0.0593. The molecule has 0 amide bonds. The van der Waals surface area contributed by atoms with Gasteiger partial charge in [0.25, 0.3) is 5.92 Å². The largest absolute Gasteiger partial charge is 0.311 e. The second-order valence-corrected chi connectivity index (χ2v) is 4.90. The Morgan fingerprint density at radius 1 is 1.24 bits per heavy atom. The highest BCUT2D eigenvalue weighted by Crippen LogP contribution is 2.40. The van der Waals surface area contributed by atoms with Gasteiger partial charge in [0.2, 0.25) is 0 Å². The standard InChI is InChI=1S/C11H10BrF4N/c12-8-2-1-6(9(13)10(8)14)7-3-4-17-5-11(7,15)16/h1-2,7,17H,3-5H2/t7-/m1/s1. The average molecular weight is 312 g/mol. The van der Waals surface area contributed by atoms with Crippen molar-refractivity contribution in [2.75, 3.05) is 13.1 Å². The predicted octanol–water partition coefficient (Wildman–Crippen LogP) is 3.44. The van der Waals surface area contributed by atoms with Gasteiger partial charge in [-0.1, -0.05) is 6.07 Å². The van der Waals surface area contributed by atoms with Crippen LogP contribution in [0.2, 0.25) is 0 Å². The first kappa shape index (κ1) is 12.8. The van der Waals surface area contributed by atoms with E-state index in [4.69, 9.17) is 0 Å². The molecule has 0 bridgehead atoms. The van der Waals surface area contributed by atoms with Crippen LogP contribution in [-0.2, 0) is 0 Å². The third-order valence-electron chi connectivity index (χ3n) is 2.92. The molecule has 1 fully saturated rings. The molecular weight excluding hydrogens is 302 g/mol. The van der Waals surface area contributed by atoms with Crippen LogP contribution < -0.4 is 5.32 Å². The zero-order chi connectivity index (χ0) is 12.6. The van der Waals surface area contributed by atoms with Gasteiger partial charge in [-0.2, -0.15) is 0 Å². The molecule has 0 unspecified atom stereocenters. The maximum Gasteiger partial charge on any atom is 0.267 e. The van der Waals surface area contributed by atoms with Crippen molar-refractivity contribution < 1.29 is 17.6 Å². The van der Waals surface area contributed by atoms with Gasteiger partial charge in [-0.05, 0) is 35.0 Å². The maximum absolute atomic E-state index is 13.6. The van der Waals surface area contributed by atoms with Gasteiger partial charge in [0, 0.05) is 5.56 Å². The third-order valence-corrected chi connectivity index (χ3v) is 3.53. The Labute approximate surface area is 104 Å². The molecule has 2 rings (SSSR count).